The van der Waals surface area contributed by atoms with Gasteiger partial charge in [0.2, 0.25) is 0 Å². The lowest BCUT2D eigenvalue weighted by molar-refractivity contribution is -0.0619. The maximum Gasteiger partial charge on any atom is 0.410 e. The lowest BCUT2D eigenvalue weighted by atomic mass is 9.93. The molecule has 0 aliphatic carbocycles. The molecule has 0 aromatic carbocycles. The number of ether oxygens (including phenoxy) is 2. The number of halogens is 1. The van der Waals surface area contributed by atoms with Crippen molar-refractivity contribution in [3.05, 3.63) is 11.6 Å². The summed E-state index contributed by atoms with van der Waals surface area (Å²) in [6.07, 6.45) is 3.15. The van der Waals surface area contributed by atoms with Gasteiger partial charge in [-0.05, 0) is 46.6 Å². The van der Waals surface area contributed by atoms with Crippen LogP contribution < -0.4 is 0 Å². The van der Waals surface area contributed by atoms with Crippen molar-refractivity contribution in [2.75, 3.05) is 19.7 Å². The van der Waals surface area contributed by atoms with Crippen molar-refractivity contribution in [2.45, 2.75) is 51.7 Å². The van der Waals surface area contributed by atoms with Gasteiger partial charge in [0.15, 0.2) is 0 Å². The van der Waals surface area contributed by atoms with Crippen LogP contribution >= 0.6 is 11.6 Å². The van der Waals surface area contributed by atoms with Gasteiger partial charge in [0.25, 0.3) is 0 Å². The van der Waals surface area contributed by atoms with Gasteiger partial charge in [0, 0.05) is 18.6 Å². The molecule has 1 amide bonds. The summed E-state index contributed by atoms with van der Waals surface area (Å²) in [4.78, 5) is 13.7. The molecule has 0 spiro atoms. The maximum absolute atomic E-state index is 11.9. The van der Waals surface area contributed by atoms with E-state index in [1.807, 2.05) is 20.8 Å². The van der Waals surface area contributed by atoms with E-state index in [1.54, 1.807) is 11.0 Å². The third-order valence-electron chi connectivity index (χ3n) is 3.09. The van der Waals surface area contributed by atoms with Gasteiger partial charge in [0.05, 0.1) is 12.2 Å². The van der Waals surface area contributed by atoms with Crippen molar-refractivity contribution in [1.82, 2.24) is 4.90 Å². The summed E-state index contributed by atoms with van der Waals surface area (Å²) in [5.74, 6) is 0. The van der Waals surface area contributed by atoms with Gasteiger partial charge < -0.3 is 14.4 Å². The van der Waals surface area contributed by atoms with Gasteiger partial charge in [0.1, 0.15) is 5.60 Å². The Morgan fingerprint density at radius 3 is 2.42 bits per heavy atom. The number of hydrogen-bond donors (Lipinski definition) is 0. The second kappa shape index (κ2) is 6.62. The Kier molecular flexibility index (Phi) is 5.68. The highest BCUT2D eigenvalue weighted by Crippen LogP contribution is 2.26. The number of piperidine rings is 1. The highest BCUT2D eigenvalue weighted by molar-refractivity contribution is 6.25. The highest BCUT2D eigenvalue weighted by Gasteiger charge is 2.33. The minimum atomic E-state index is -0.445. The minimum Gasteiger partial charge on any atom is -0.444 e. The molecule has 4 nitrogen and oxygen atoms in total. The van der Waals surface area contributed by atoms with E-state index in [4.69, 9.17) is 21.1 Å². The molecule has 1 rings (SSSR count). The van der Waals surface area contributed by atoms with Crippen LogP contribution in [0.2, 0.25) is 0 Å². The summed E-state index contributed by atoms with van der Waals surface area (Å²) in [5, 5.41) is 0. The first-order chi connectivity index (χ1) is 8.76. The molecule has 0 saturated carbocycles. The van der Waals surface area contributed by atoms with E-state index in [2.05, 4.69) is 6.92 Å². The van der Waals surface area contributed by atoms with E-state index >= 15 is 0 Å². The number of carbonyl (C=O) groups is 1. The minimum absolute atomic E-state index is 0.186. The Bertz CT molecular complexity index is 328. The van der Waals surface area contributed by atoms with Crippen LogP contribution in [0.1, 0.15) is 40.5 Å². The van der Waals surface area contributed by atoms with E-state index < -0.39 is 5.60 Å². The van der Waals surface area contributed by atoms with Crippen molar-refractivity contribution in [3.8, 4) is 0 Å². The summed E-state index contributed by atoms with van der Waals surface area (Å²) in [5.41, 5.74) is 0.827. The standard InChI is InChI=1S/C14H24ClNO3/c1-13(2,3)19-12(17)16-9-6-14(4,7-10-16)18-11-5-8-15/h5,8H,6-7,9-11H2,1-4H3/b8-5+. The van der Waals surface area contributed by atoms with E-state index in [0.29, 0.717) is 19.7 Å². The predicted octanol–water partition coefficient (Wildman–Crippen LogP) is 3.55. The van der Waals surface area contributed by atoms with E-state index in [-0.39, 0.29) is 11.7 Å². The zero-order valence-corrected chi connectivity index (χ0v) is 13.0. The topological polar surface area (TPSA) is 38.8 Å². The van der Waals surface area contributed by atoms with Crippen LogP contribution in [0.25, 0.3) is 0 Å². The van der Waals surface area contributed by atoms with Crippen LogP contribution in [0, 0.1) is 0 Å². The van der Waals surface area contributed by atoms with Gasteiger partial charge in [-0.3, -0.25) is 0 Å². The molecular weight excluding hydrogens is 266 g/mol. The van der Waals surface area contributed by atoms with Gasteiger partial charge in [-0.2, -0.15) is 0 Å². The van der Waals surface area contributed by atoms with Crippen LogP contribution in [0.5, 0.6) is 0 Å². The Morgan fingerprint density at radius 1 is 1.37 bits per heavy atom. The van der Waals surface area contributed by atoms with E-state index in [0.717, 1.165) is 12.8 Å². The van der Waals surface area contributed by atoms with Crippen LogP contribution in [-0.4, -0.2) is 41.9 Å². The average Bonchev–Trinajstić information content (AvgIpc) is 2.27. The summed E-state index contributed by atoms with van der Waals surface area (Å²) in [7, 11) is 0. The van der Waals surface area contributed by atoms with Gasteiger partial charge in [-0.25, -0.2) is 4.79 Å². The molecule has 19 heavy (non-hydrogen) atoms. The smallest absolute Gasteiger partial charge is 0.410 e. The third-order valence-corrected chi connectivity index (χ3v) is 3.27. The molecule has 1 heterocycles. The molecule has 0 N–H and O–H groups in total. The van der Waals surface area contributed by atoms with Gasteiger partial charge in [-0.1, -0.05) is 11.6 Å². The summed E-state index contributed by atoms with van der Waals surface area (Å²) < 4.78 is 11.2. The maximum atomic E-state index is 11.9. The number of rotatable bonds is 3. The summed E-state index contributed by atoms with van der Waals surface area (Å²) in [6, 6.07) is 0. The van der Waals surface area contributed by atoms with Crippen LogP contribution in [-0.2, 0) is 9.47 Å². The molecule has 5 heteroatoms. The molecule has 0 aromatic heterocycles. The Balaban J connectivity index is 2.41. The first-order valence-electron chi connectivity index (χ1n) is 6.63. The predicted molar refractivity (Wildman–Crippen MR) is 76.4 cm³/mol. The second-order valence-electron chi connectivity index (χ2n) is 6.09. The number of hydrogen-bond acceptors (Lipinski definition) is 3. The zero-order chi connectivity index (χ0) is 14.5. The average molecular weight is 290 g/mol. The number of amides is 1. The van der Waals surface area contributed by atoms with Crippen molar-refractivity contribution in [2.24, 2.45) is 0 Å². The van der Waals surface area contributed by atoms with Crippen LogP contribution in [0.4, 0.5) is 4.79 Å². The molecule has 1 aliphatic heterocycles. The lowest BCUT2D eigenvalue weighted by Gasteiger charge is -2.39. The highest BCUT2D eigenvalue weighted by atomic mass is 35.5. The zero-order valence-electron chi connectivity index (χ0n) is 12.2. The van der Waals surface area contributed by atoms with Gasteiger partial charge >= 0.3 is 6.09 Å². The fourth-order valence-electron chi connectivity index (χ4n) is 1.92. The summed E-state index contributed by atoms with van der Waals surface area (Å²) >= 11 is 5.46. The molecule has 0 bridgehead atoms. The number of likely N-dealkylation sites (tertiary alicyclic amines) is 1. The molecule has 0 aromatic rings. The molecule has 0 atom stereocenters. The Hall–Kier alpha value is -0.740. The first kappa shape index (κ1) is 16.3. The van der Waals surface area contributed by atoms with Gasteiger partial charge in [-0.15, -0.1) is 0 Å². The Morgan fingerprint density at radius 2 is 1.95 bits per heavy atom. The Labute approximate surface area is 120 Å². The number of carbonyl (C=O) groups excluding carboxylic acids is 1. The van der Waals surface area contributed by atoms with Crippen LogP contribution in [0.3, 0.4) is 0 Å². The quantitative estimate of drug-likeness (QED) is 0.797. The van der Waals surface area contributed by atoms with Crippen molar-refractivity contribution < 1.29 is 14.3 Å². The van der Waals surface area contributed by atoms with Crippen LogP contribution in [0.15, 0.2) is 11.6 Å². The van der Waals surface area contributed by atoms with Crippen molar-refractivity contribution in [1.29, 1.82) is 0 Å². The molecular formula is C14H24ClNO3. The van der Waals surface area contributed by atoms with E-state index in [1.165, 1.54) is 5.54 Å². The van der Waals surface area contributed by atoms with Crippen molar-refractivity contribution >= 4 is 17.7 Å². The third kappa shape index (κ3) is 5.83. The fraction of sp³-hybridized carbons (Fsp3) is 0.786. The molecule has 1 fully saturated rings. The molecule has 0 unspecified atom stereocenters. The molecule has 0 radical (unpaired) electrons. The SMILES string of the molecule is CC(C)(C)OC(=O)N1CCC(C)(OC/C=C/Cl)CC1. The van der Waals surface area contributed by atoms with Crippen molar-refractivity contribution in [3.63, 3.8) is 0 Å². The second-order valence-corrected chi connectivity index (χ2v) is 6.34. The monoisotopic (exact) mass is 289 g/mol. The molecule has 110 valence electrons. The lowest BCUT2D eigenvalue weighted by Crippen LogP contribution is -2.48. The normalized spacial score (nSPS) is 19.7. The fourth-order valence-corrected chi connectivity index (χ4v) is 1.99. The first-order valence-corrected chi connectivity index (χ1v) is 7.06. The summed E-state index contributed by atoms with van der Waals surface area (Å²) in [6.45, 7) is 9.53. The van der Waals surface area contributed by atoms with E-state index in [9.17, 15) is 4.79 Å². The molecule has 1 saturated heterocycles. The largest absolute Gasteiger partial charge is 0.444 e. The molecule has 1 aliphatic rings. The number of nitrogens with zero attached hydrogens (tertiary/aromatic N) is 1.